The maximum absolute atomic E-state index is 13.6. The van der Waals surface area contributed by atoms with Crippen molar-refractivity contribution in [3.63, 3.8) is 0 Å². The van der Waals surface area contributed by atoms with Gasteiger partial charge in [0, 0.05) is 29.8 Å². The Bertz CT molecular complexity index is 1210. The Labute approximate surface area is 219 Å². The van der Waals surface area contributed by atoms with Crippen LogP contribution >= 0.6 is 11.8 Å². The number of carbonyl (C=O) groups is 4. The molecule has 0 radical (unpaired) electrons. The normalized spacial score (nSPS) is 13.1. The van der Waals surface area contributed by atoms with E-state index in [0.29, 0.717) is 11.3 Å². The highest BCUT2D eigenvalue weighted by molar-refractivity contribution is 8.14. The largest absolute Gasteiger partial charge is 0.481 e. The van der Waals surface area contributed by atoms with Crippen LogP contribution in [0.15, 0.2) is 91.0 Å². The van der Waals surface area contributed by atoms with E-state index in [1.807, 2.05) is 30.3 Å². The van der Waals surface area contributed by atoms with Gasteiger partial charge in [0.05, 0.1) is 5.92 Å². The molecule has 0 saturated heterocycles. The van der Waals surface area contributed by atoms with E-state index in [4.69, 9.17) is 0 Å². The number of thioether (sulfide) groups is 1. The molecule has 0 aromatic heterocycles. The van der Waals surface area contributed by atoms with Crippen molar-refractivity contribution in [2.24, 2.45) is 5.92 Å². The number of carboxylic acids is 2. The predicted octanol–water partition coefficient (Wildman–Crippen LogP) is 4.29. The van der Waals surface area contributed by atoms with E-state index < -0.39 is 42.3 Å². The maximum atomic E-state index is 13.6. The third-order valence-corrected chi connectivity index (χ3v) is 6.73. The first-order valence-corrected chi connectivity index (χ1v) is 12.6. The summed E-state index contributed by atoms with van der Waals surface area (Å²) >= 11 is 0.980. The van der Waals surface area contributed by atoms with Gasteiger partial charge in [-0.15, -0.1) is 0 Å². The zero-order chi connectivity index (χ0) is 26.7. The number of amides is 1. The second-order valence-electron chi connectivity index (χ2n) is 8.44. The number of nitrogens with one attached hydrogen (secondary N) is 2. The van der Waals surface area contributed by atoms with Gasteiger partial charge in [-0.2, -0.15) is 0 Å². The average molecular weight is 521 g/mol. The molecular weight excluding hydrogens is 492 g/mol. The number of rotatable bonds is 13. The summed E-state index contributed by atoms with van der Waals surface area (Å²) in [5, 5.41) is 24.6. The fourth-order valence-electron chi connectivity index (χ4n) is 3.70. The zero-order valence-electron chi connectivity index (χ0n) is 20.0. The minimum atomic E-state index is -2.07. The topological polar surface area (TPSA) is 133 Å². The third kappa shape index (κ3) is 8.22. The molecule has 4 N–H and O–H groups in total. The standard InChI is InChI=1S/C28H28N2O6S/c31-24(32)16-17-28(27(35)36,29-23-14-8-3-9-15-23)30-25(33)22(18-20-10-4-1-5-11-20)19-37-26(34)21-12-6-2-7-13-21/h1-15,22,29H,16-19H2,(H,30,33)(H,31,32)(H,35,36). The van der Waals surface area contributed by atoms with Gasteiger partial charge in [0.15, 0.2) is 0 Å². The van der Waals surface area contributed by atoms with Crippen LogP contribution in [0.5, 0.6) is 0 Å². The van der Waals surface area contributed by atoms with Crippen molar-refractivity contribution >= 4 is 40.4 Å². The number of carboxylic acid groups (broad SMARTS) is 2. The first-order chi connectivity index (χ1) is 17.8. The summed E-state index contributed by atoms with van der Waals surface area (Å²) in [7, 11) is 0. The molecule has 0 aliphatic heterocycles. The lowest BCUT2D eigenvalue weighted by Crippen LogP contribution is -2.61. The van der Waals surface area contributed by atoms with E-state index in [1.54, 1.807) is 60.7 Å². The molecule has 3 aromatic carbocycles. The van der Waals surface area contributed by atoms with Crippen LogP contribution in [0.4, 0.5) is 5.69 Å². The average Bonchev–Trinajstić information content (AvgIpc) is 2.91. The Hall–Kier alpha value is -4.11. The van der Waals surface area contributed by atoms with Crippen molar-refractivity contribution in [3.05, 3.63) is 102 Å². The van der Waals surface area contributed by atoms with Crippen LogP contribution in [-0.4, -0.2) is 44.6 Å². The third-order valence-electron chi connectivity index (χ3n) is 5.67. The van der Waals surface area contributed by atoms with Gasteiger partial charge < -0.3 is 20.8 Å². The van der Waals surface area contributed by atoms with Crippen molar-refractivity contribution in [1.82, 2.24) is 5.32 Å². The van der Waals surface area contributed by atoms with Crippen LogP contribution in [0.25, 0.3) is 0 Å². The Balaban J connectivity index is 1.86. The van der Waals surface area contributed by atoms with Gasteiger partial charge in [-0.1, -0.05) is 90.6 Å². The van der Waals surface area contributed by atoms with Crippen LogP contribution in [0.1, 0.15) is 28.8 Å². The molecule has 0 aliphatic carbocycles. The van der Waals surface area contributed by atoms with Crippen LogP contribution in [0, 0.1) is 5.92 Å². The van der Waals surface area contributed by atoms with Gasteiger partial charge in [0.2, 0.25) is 16.7 Å². The molecule has 192 valence electrons. The van der Waals surface area contributed by atoms with Crippen LogP contribution < -0.4 is 10.6 Å². The van der Waals surface area contributed by atoms with Gasteiger partial charge in [0.1, 0.15) is 0 Å². The second-order valence-corrected chi connectivity index (χ2v) is 9.43. The van der Waals surface area contributed by atoms with Crippen LogP contribution in [0.2, 0.25) is 0 Å². The molecule has 3 rings (SSSR count). The van der Waals surface area contributed by atoms with E-state index in [0.717, 1.165) is 17.3 Å². The number of anilines is 1. The summed E-state index contributed by atoms with van der Waals surface area (Å²) in [6, 6.07) is 26.3. The minimum Gasteiger partial charge on any atom is -0.481 e. The van der Waals surface area contributed by atoms with E-state index in [9.17, 15) is 29.4 Å². The minimum absolute atomic E-state index is 0.106. The van der Waals surface area contributed by atoms with E-state index in [2.05, 4.69) is 10.6 Å². The fraction of sp³-hybridized carbons (Fsp3) is 0.214. The van der Waals surface area contributed by atoms with Crippen molar-refractivity contribution in [2.75, 3.05) is 11.1 Å². The number of hydrogen-bond acceptors (Lipinski definition) is 6. The van der Waals surface area contributed by atoms with Gasteiger partial charge in [-0.05, 0) is 24.1 Å². The van der Waals surface area contributed by atoms with E-state index >= 15 is 0 Å². The maximum Gasteiger partial charge on any atom is 0.350 e. The smallest absolute Gasteiger partial charge is 0.350 e. The molecule has 2 atom stereocenters. The molecule has 0 saturated carbocycles. The number of benzene rings is 3. The summed E-state index contributed by atoms with van der Waals surface area (Å²) in [5.74, 6) is -3.87. The zero-order valence-corrected chi connectivity index (χ0v) is 20.8. The van der Waals surface area contributed by atoms with Crippen molar-refractivity contribution < 1.29 is 29.4 Å². The van der Waals surface area contributed by atoms with Gasteiger partial charge in [-0.25, -0.2) is 4.79 Å². The van der Waals surface area contributed by atoms with Crippen molar-refractivity contribution in [3.8, 4) is 0 Å². The van der Waals surface area contributed by atoms with Crippen LogP contribution in [-0.2, 0) is 20.8 Å². The molecule has 9 heteroatoms. The lowest BCUT2D eigenvalue weighted by Gasteiger charge is -2.33. The SMILES string of the molecule is O=C(O)CCC(NC(=O)C(CSC(=O)c1ccccc1)Cc1ccccc1)(Nc1ccccc1)C(=O)O. The molecular formula is C28H28N2O6S. The fourth-order valence-corrected chi connectivity index (χ4v) is 4.63. The molecule has 0 spiro atoms. The summed E-state index contributed by atoms with van der Waals surface area (Å²) < 4.78 is 0. The highest BCUT2D eigenvalue weighted by atomic mass is 32.2. The van der Waals surface area contributed by atoms with Gasteiger partial charge in [0.25, 0.3) is 0 Å². The summed E-state index contributed by atoms with van der Waals surface area (Å²) in [6.45, 7) is 0. The summed E-state index contributed by atoms with van der Waals surface area (Å²) in [6.07, 6.45) is -0.620. The van der Waals surface area contributed by atoms with Crippen molar-refractivity contribution in [2.45, 2.75) is 24.9 Å². The predicted molar refractivity (Wildman–Crippen MR) is 142 cm³/mol. The van der Waals surface area contributed by atoms with E-state index in [1.165, 1.54) is 0 Å². The van der Waals surface area contributed by atoms with Gasteiger partial charge in [-0.3, -0.25) is 14.4 Å². The monoisotopic (exact) mass is 520 g/mol. The highest BCUT2D eigenvalue weighted by Gasteiger charge is 2.42. The van der Waals surface area contributed by atoms with Crippen LogP contribution in [0.3, 0.4) is 0 Å². The molecule has 1 amide bonds. The number of hydrogen-bond donors (Lipinski definition) is 4. The lowest BCUT2D eigenvalue weighted by atomic mass is 9.97. The highest BCUT2D eigenvalue weighted by Crippen LogP contribution is 2.23. The number of aliphatic carboxylic acids is 2. The molecule has 8 nitrogen and oxygen atoms in total. The Morgan fingerprint density at radius 2 is 1.38 bits per heavy atom. The number of carbonyl (C=O) groups excluding carboxylic acids is 2. The first kappa shape index (κ1) is 27.5. The molecule has 0 heterocycles. The molecule has 37 heavy (non-hydrogen) atoms. The first-order valence-electron chi connectivity index (χ1n) is 11.7. The van der Waals surface area contributed by atoms with Crippen molar-refractivity contribution in [1.29, 1.82) is 0 Å². The molecule has 0 fully saturated rings. The Kier molecular flexibility index (Phi) is 9.85. The lowest BCUT2D eigenvalue weighted by molar-refractivity contribution is -0.148. The van der Waals surface area contributed by atoms with E-state index in [-0.39, 0.29) is 17.3 Å². The number of para-hydroxylation sites is 1. The Morgan fingerprint density at radius 1 is 0.811 bits per heavy atom. The summed E-state index contributed by atoms with van der Waals surface area (Å²) in [5.41, 5.74) is -0.319. The molecule has 0 aliphatic rings. The molecule has 2 unspecified atom stereocenters. The summed E-state index contributed by atoms with van der Waals surface area (Å²) in [4.78, 5) is 50.1. The van der Waals surface area contributed by atoms with Gasteiger partial charge >= 0.3 is 11.9 Å². The quantitative estimate of drug-likeness (QED) is 0.245. The Morgan fingerprint density at radius 3 is 1.95 bits per heavy atom. The molecule has 3 aromatic rings. The second kappa shape index (κ2) is 13.3. The molecule has 0 bridgehead atoms.